The quantitative estimate of drug-likeness (QED) is 0.702. The molecular formula is C8H8N3S. The van der Waals surface area contributed by atoms with Crippen LogP contribution in [0.25, 0.3) is 0 Å². The van der Waals surface area contributed by atoms with E-state index in [0.29, 0.717) is 6.54 Å². The average molecular weight is 178 g/mol. The zero-order valence-electron chi connectivity index (χ0n) is 6.45. The van der Waals surface area contributed by atoms with Crippen molar-refractivity contribution in [3.05, 3.63) is 35.3 Å². The van der Waals surface area contributed by atoms with Crippen LogP contribution in [0.2, 0.25) is 0 Å². The summed E-state index contributed by atoms with van der Waals surface area (Å²) < 4.78 is 0. The van der Waals surface area contributed by atoms with Crippen LogP contribution in [0.3, 0.4) is 0 Å². The highest BCUT2D eigenvalue weighted by atomic mass is 32.1. The van der Waals surface area contributed by atoms with Gasteiger partial charge in [0.1, 0.15) is 0 Å². The van der Waals surface area contributed by atoms with Crippen LogP contribution in [-0.4, -0.2) is 17.4 Å². The molecule has 0 fully saturated rings. The molecule has 3 nitrogen and oxygen atoms in total. The Bertz CT molecular complexity index is 324. The van der Waals surface area contributed by atoms with Crippen LogP contribution < -0.4 is 5.32 Å². The minimum absolute atomic E-state index is 0.669. The molecule has 1 aromatic rings. The minimum Gasteiger partial charge on any atom is -0.344 e. The third-order valence-corrected chi connectivity index (χ3v) is 2.27. The monoisotopic (exact) mass is 178 g/mol. The molecule has 0 spiro atoms. The van der Waals surface area contributed by atoms with Gasteiger partial charge in [-0.05, 0) is 12.5 Å². The second kappa shape index (κ2) is 3.06. The average Bonchev–Trinajstić information content (AvgIpc) is 2.58. The molecule has 1 N–H and O–H groups in total. The van der Waals surface area contributed by atoms with E-state index in [-0.39, 0.29) is 0 Å². The molecule has 2 heterocycles. The Kier molecular flexibility index (Phi) is 1.91. The maximum absolute atomic E-state index is 4.28. The summed E-state index contributed by atoms with van der Waals surface area (Å²) in [6, 6.07) is 0. The van der Waals surface area contributed by atoms with Gasteiger partial charge in [-0.15, -0.1) is 11.3 Å². The van der Waals surface area contributed by atoms with Crippen LogP contribution >= 0.6 is 11.3 Å². The molecule has 0 saturated heterocycles. The van der Waals surface area contributed by atoms with Gasteiger partial charge >= 0.3 is 0 Å². The van der Waals surface area contributed by atoms with Crippen LogP contribution in [0.1, 0.15) is 5.01 Å². The summed E-state index contributed by atoms with van der Waals surface area (Å²) in [5.41, 5.74) is 0.996. The lowest BCUT2D eigenvalue weighted by molar-refractivity contribution is 1.05. The lowest BCUT2D eigenvalue weighted by atomic mass is 10.3. The summed E-state index contributed by atoms with van der Waals surface area (Å²) >= 11 is 1.58. The number of amidine groups is 1. The van der Waals surface area contributed by atoms with E-state index in [9.17, 15) is 0 Å². The van der Waals surface area contributed by atoms with E-state index in [0.717, 1.165) is 16.4 Å². The van der Waals surface area contributed by atoms with Crippen LogP contribution in [0.4, 0.5) is 0 Å². The third kappa shape index (κ3) is 1.38. The molecule has 1 aliphatic heterocycles. The van der Waals surface area contributed by atoms with Gasteiger partial charge < -0.3 is 5.32 Å². The van der Waals surface area contributed by atoms with Crippen molar-refractivity contribution in [3.8, 4) is 0 Å². The first-order valence-electron chi connectivity index (χ1n) is 3.58. The molecule has 0 atom stereocenters. The molecule has 1 aromatic heterocycles. The molecule has 12 heavy (non-hydrogen) atoms. The number of aliphatic imine (C=N–C) groups is 1. The van der Waals surface area contributed by atoms with Gasteiger partial charge in [0.2, 0.25) is 0 Å². The summed E-state index contributed by atoms with van der Waals surface area (Å²) in [5, 5.41) is 5.91. The first-order valence-corrected chi connectivity index (χ1v) is 4.46. The predicted molar refractivity (Wildman–Crippen MR) is 50.1 cm³/mol. The zero-order valence-corrected chi connectivity index (χ0v) is 7.27. The summed E-state index contributed by atoms with van der Waals surface area (Å²) in [5.74, 6) is 0.845. The number of aromatic nitrogens is 1. The van der Waals surface area contributed by atoms with E-state index in [2.05, 4.69) is 22.2 Å². The first kappa shape index (κ1) is 7.49. The Balaban J connectivity index is 2.19. The Morgan fingerprint density at radius 2 is 2.50 bits per heavy atom. The molecule has 0 bridgehead atoms. The summed E-state index contributed by atoms with van der Waals surface area (Å²) in [7, 11) is 0. The number of nitrogens with zero attached hydrogens (tertiary/aromatic N) is 2. The normalized spacial score (nSPS) is 16.4. The van der Waals surface area contributed by atoms with Crippen molar-refractivity contribution in [1.29, 1.82) is 0 Å². The standard InChI is InChI=1S/C8H8N3S/c1-6-4-10-7(11-5-6)8-9-2-3-12-8/h2-4H,1,5H2,(H,10,11). The van der Waals surface area contributed by atoms with Gasteiger partial charge in [-0.1, -0.05) is 0 Å². The minimum atomic E-state index is 0.669. The second-order valence-corrected chi connectivity index (χ2v) is 3.34. The Hall–Kier alpha value is -1.16. The fraction of sp³-hybridized carbons (Fsp3) is 0.125. The van der Waals surface area contributed by atoms with E-state index in [1.54, 1.807) is 17.5 Å². The van der Waals surface area contributed by atoms with E-state index in [1.807, 2.05) is 11.6 Å². The van der Waals surface area contributed by atoms with Gasteiger partial charge in [-0.2, -0.15) is 0 Å². The molecular weight excluding hydrogens is 170 g/mol. The van der Waals surface area contributed by atoms with Crippen molar-refractivity contribution in [3.63, 3.8) is 0 Å². The summed E-state index contributed by atoms with van der Waals surface area (Å²) in [4.78, 5) is 8.42. The number of hydrogen-bond donors (Lipinski definition) is 1. The van der Waals surface area contributed by atoms with Gasteiger partial charge in [-0.3, -0.25) is 4.99 Å². The van der Waals surface area contributed by atoms with Crippen molar-refractivity contribution in [1.82, 2.24) is 10.3 Å². The van der Waals surface area contributed by atoms with Gasteiger partial charge in [0.15, 0.2) is 10.8 Å². The van der Waals surface area contributed by atoms with Crippen molar-refractivity contribution in [2.75, 3.05) is 6.54 Å². The van der Waals surface area contributed by atoms with Gasteiger partial charge in [-0.25, -0.2) is 4.98 Å². The number of thiazole rings is 1. The van der Waals surface area contributed by atoms with Crippen molar-refractivity contribution < 1.29 is 0 Å². The molecule has 4 heteroatoms. The lowest BCUT2D eigenvalue weighted by Crippen LogP contribution is -2.23. The predicted octanol–water partition coefficient (Wildman–Crippen LogP) is 1.21. The van der Waals surface area contributed by atoms with E-state index in [1.165, 1.54) is 0 Å². The zero-order chi connectivity index (χ0) is 8.39. The molecule has 0 amide bonds. The van der Waals surface area contributed by atoms with Crippen molar-refractivity contribution >= 4 is 17.2 Å². The fourth-order valence-corrected chi connectivity index (χ4v) is 1.52. The molecule has 61 valence electrons. The van der Waals surface area contributed by atoms with Gasteiger partial charge in [0, 0.05) is 17.8 Å². The number of rotatable bonds is 1. The van der Waals surface area contributed by atoms with Crippen LogP contribution in [0, 0.1) is 6.92 Å². The number of hydrogen-bond acceptors (Lipinski definition) is 4. The smallest absolute Gasteiger partial charge is 0.162 e. The molecule has 0 aromatic carbocycles. The molecule has 0 unspecified atom stereocenters. The maximum Gasteiger partial charge on any atom is 0.162 e. The largest absolute Gasteiger partial charge is 0.344 e. The van der Waals surface area contributed by atoms with Gasteiger partial charge in [0.25, 0.3) is 0 Å². The summed E-state index contributed by atoms with van der Waals surface area (Å²) in [6.45, 7) is 4.46. The maximum atomic E-state index is 4.28. The fourth-order valence-electron chi connectivity index (χ4n) is 0.912. The number of nitrogens with one attached hydrogen (secondary N) is 1. The molecule has 0 aliphatic carbocycles. The highest BCUT2D eigenvalue weighted by Crippen LogP contribution is 2.07. The topological polar surface area (TPSA) is 37.3 Å². The van der Waals surface area contributed by atoms with E-state index < -0.39 is 0 Å². The van der Waals surface area contributed by atoms with E-state index >= 15 is 0 Å². The lowest BCUT2D eigenvalue weighted by Gasteiger charge is -2.09. The van der Waals surface area contributed by atoms with Crippen LogP contribution in [-0.2, 0) is 0 Å². The summed E-state index contributed by atoms with van der Waals surface area (Å²) in [6.07, 6.45) is 3.64. The SMILES string of the molecule is [CH2]C1=CNC(c2nccs2)=NC1. The van der Waals surface area contributed by atoms with Gasteiger partial charge in [0.05, 0.1) is 6.54 Å². The van der Waals surface area contributed by atoms with E-state index in [4.69, 9.17) is 0 Å². The van der Waals surface area contributed by atoms with Crippen molar-refractivity contribution in [2.45, 2.75) is 0 Å². The Morgan fingerprint density at radius 3 is 3.08 bits per heavy atom. The Labute approximate surface area is 74.9 Å². The van der Waals surface area contributed by atoms with Crippen LogP contribution in [0.5, 0.6) is 0 Å². The molecule has 0 saturated carbocycles. The molecule has 1 aliphatic rings. The highest BCUT2D eigenvalue weighted by Gasteiger charge is 2.07. The first-order chi connectivity index (χ1) is 5.86. The second-order valence-electron chi connectivity index (χ2n) is 2.45. The molecule has 2 rings (SSSR count). The third-order valence-electron chi connectivity index (χ3n) is 1.49. The van der Waals surface area contributed by atoms with Crippen molar-refractivity contribution in [2.24, 2.45) is 4.99 Å². The molecule has 1 radical (unpaired) electrons. The van der Waals surface area contributed by atoms with Crippen LogP contribution in [0.15, 0.2) is 28.3 Å². The highest BCUT2D eigenvalue weighted by molar-refractivity contribution is 7.11. The Morgan fingerprint density at radius 1 is 1.58 bits per heavy atom.